The molecule has 168 valence electrons. The summed E-state index contributed by atoms with van der Waals surface area (Å²) in [5, 5.41) is 2.53. The number of rotatable bonds is 3. The van der Waals surface area contributed by atoms with Gasteiger partial charge in [-0.25, -0.2) is 9.47 Å². The van der Waals surface area contributed by atoms with E-state index in [0.29, 0.717) is 0 Å². The quantitative estimate of drug-likeness (QED) is 0.309. The van der Waals surface area contributed by atoms with Gasteiger partial charge in [0, 0.05) is 41.3 Å². The summed E-state index contributed by atoms with van der Waals surface area (Å²) in [6.07, 6.45) is 4.58. The smallest absolute Gasteiger partial charge is 0.283 e. The Balaban J connectivity index is 1.81. The van der Waals surface area contributed by atoms with Crippen LogP contribution in [-0.2, 0) is 7.05 Å². The number of fused-ring (bicyclic) bond motifs is 3. The zero-order valence-electron chi connectivity index (χ0n) is 20.1. The Morgan fingerprint density at radius 1 is 0.794 bits per heavy atom. The van der Waals surface area contributed by atoms with Gasteiger partial charge in [0.15, 0.2) is 11.9 Å². The summed E-state index contributed by atoms with van der Waals surface area (Å²) in [4.78, 5) is 4.60. The van der Waals surface area contributed by atoms with E-state index in [1.165, 1.54) is 50.1 Å². The van der Waals surface area contributed by atoms with Gasteiger partial charge in [0.1, 0.15) is 11.7 Å². The molecule has 6 rings (SSSR count). The lowest BCUT2D eigenvalue weighted by atomic mass is 10.0. The number of anilines is 1. The van der Waals surface area contributed by atoms with Crippen molar-refractivity contribution in [3.8, 4) is 16.9 Å². The minimum atomic E-state index is 0.246. The Kier molecular flexibility index (Phi) is 4.70. The molecule has 0 spiro atoms. The van der Waals surface area contributed by atoms with E-state index in [9.17, 15) is 0 Å². The van der Waals surface area contributed by atoms with Crippen molar-refractivity contribution in [3.63, 3.8) is 0 Å². The molecule has 0 N–H and O–H groups in total. The topological polar surface area (TPSA) is 15.3 Å². The molecule has 0 saturated heterocycles. The maximum Gasteiger partial charge on any atom is 0.283 e. The van der Waals surface area contributed by atoms with Crippen LogP contribution in [0.4, 0.5) is 5.82 Å². The number of nitrogens with zero attached hydrogens (tertiary/aromatic N) is 4. The number of aryl methyl sites for hydroxylation is 1. The van der Waals surface area contributed by atoms with Gasteiger partial charge in [0.05, 0.1) is 12.6 Å². The Bertz CT molecular complexity index is 1560. The summed E-state index contributed by atoms with van der Waals surface area (Å²) < 4.78 is 4.79. The van der Waals surface area contributed by atoms with Crippen molar-refractivity contribution in [1.82, 2.24) is 9.47 Å². The van der Waals surface area contributed by atoms with Gasteiger partial charge < -0.3 is 9.47 Å². The Hall–Kier alpha value is -4.05. The number of pyridine rings is 1. The van der Waals surface area contributed by atoms with E-state index in [2.05, 4.69) is 144 Å². The van der Waals surface area contributed by atoms with Crippen molar-refractivity contribution in [3.05, 3.63) is 103 Å². The van der Waals surface area contributed by atoms with Crippen molar-refractivity contribution in [2.75, 3.05) is 11.9 Å². The van der Waals surface area contributed by atoms with Gasteiger partial charge in [-0.3, -0.25) is 0 Å². The van der Waals surface area contributed by atoms with Gasteiger partial charge in [0.25, 0.3) is 5.82 Å². The molecule has 0 fully saturated rings. The van der Waals surface area contributed by atoms with E-state index in [1.54, 1.807) is 0 Å². The van der Waals surface area contributed by atoms with Crippen LogP contribution in [0.3, 0.4) is 0 Å². The molecule has 1 aliphatic rings. The largest absolute Gasteiger partial charge is 0.339 e. The SMILES string of the molecule is Cc1ccccc1-c1c2c(cc(N3C=CN(C)[C@@H]3C)[n+]1C)c1ccccc1n2-c1ccccc1. The number of aromatic nitrogens is 2. The summed E-state index contributed by atoms with van der Waals surface area (Å²) in [6, 6.07) is 30.5. The molecule has 0 unspecified atom stereocenters. The highest BCUT2D eigenvalue weighted by atomic mass is 15.4. The molecule has 4 heteroatoms. The number of benzene rings is 3. The highest BCUT2D eigenvalue weighted by Crippen LogP contribution is 2.39. The maximum absolute atomic E-state index is 2.42. The molecule has 0 saturated carbocycles. The summed E-state index contributed by atoms with van der Waals surface area (Å²) in [5.74, 6) is 1.18. The molecule has 0 radical (unpaired) electrons. The predicted octanol–water partition coefficient (Wildman–Crippen LogP) is 6.15. The second-order valence-corrected chi connectivity index (χ2v) is 9.18. The van der Waals surface area contributed by atoms with Crippen molar-refractivity contribution in [1.29, 1.82) is 0 Å². The summed E-state index contributed by atoms with van der Waals surface area (Å²) in [7, 11) is 4.33. The number of hydrogen-bond donors (Lipinski definition) is 0. The second kappa shape index (κ2) is 7.77. The third-order valence-corrected chi connectivity index (χ3v) is 7.22. The van der Waals surface area contributed by atoms with Crippen LogP contribution in [0.5, 0.6) is 0 Å². The average Bonchev–Trinajstić information content (AvgIpc) is 3.36. The van der Waals surface area contributed by atoms with Crippen LogP contribution in [0.15, 0.2) is 97.3 Å². The Morgan fingerprint density at radius 3 is 2.24 bits per heavy atom. The van der Waals surface area contributed by atoms with Crippen LogP contribution in [-0.4, -0.2) is 22.7 Å². The van der Waals surface area contributed by atoms with E-state index in [0.717, 1.165) is 0 Å². The lowest BCUT2D eigenvalue weighted by molar-refractivity contribution is -0.646. The standard InChI is InChI=1S/C30H29N4/c1-21-12-8-9-15-24(21)29-30-26(20-28(32(29)4)33-19-18-31(3)22(33)2)25-16-10-11-17-27(25)34(30)23-13-6-5-7-14-23/h5-20,22H,1-4H3/q+1/t22-/m0/s1. The summed E-state index contributed by atoms with van der Waals surface area (Å²) in [6.45, 7) is 4.44. The molecule has 2 aromatic heterocycles. The molecule has 1 atom stereocenters. The molecule has 34 heavy (non-hydrogen) atoms. The molecule has 0 bridgehead atoms. The van der Waals surface area contributed by atoms with Crippen LogP contribution in [0.2, 0.25) is 0 Å². The summed E-state index contributed by atoms with van der Waals surface area (Å²) in [5.41, 5.74) is 7.37. The van der Waals surface area contributed by atoms with Gasteiger partial charge in [-0.15, -0.1) is 0 Å². The van der Waals surface area contributed by atoms with E-state index in [1.807, 2.05) is 0 Å². The van der Waals surface area contributed by atoms with E-state index in [4.69, 9.17) is 0 Å². The van der Waals surface area contributed by atoms with Crippen LogP contribution in [0, 0.1) is 6.92 Å². The molecular formula is C30H29N4+. The maximum atomic E-state index is 2.42. The van der Waals surface area contributed by atoms with E-state index >= 15 is 0 Å². The van der Waals surface area contributed by atoms with Gasteiger partial charge in [-0.05, 0) is 37.6 Å². The molecular weight excluding hydrogens is 416 g/mol. The number of hydrogen-bond acceptors (Lipinski definition) is 2. The Labute approximate surface area is 200 Å². The van der Waals surface area contributed by atoms with Gasteiger partial charge in [-0.1, -0.05) is 60.7 Å². The molecule has 0 aliphatic carbocycles. The lowest BCUT2D eigenvalue weighted by Crippen LogP contribution is -2.44. The minimum Gasteiger partial charge on any atom is -0.339 e. The highest BCUT2D eigenvalue weighted by Gasteiger charge is 2.33. The molecule has 1 aliphatic heterocycles. The normalized spacial score (nSPS) is 15.7. The minimum absolute atomic E-state index is 0.246. The molecule has 4 nitrogen and oxygen atoms in total. The Morgan fingerprint density at radius 2 is 1.50 bits per heavy atom. The van der Waals surface area contributed by atoms with Gasteiger partial charge in [0.2, 0.25) is 0 Å². The van der Waals surface area contributed by atoms with Crippen LogP contribution in [0.25, 0.3) is 38.8 Å². The lowest BCUT2D eigenvalue weighted by Gasteiger charge is -2.23. The third-order valence-electron chi connectivity index (χ3n) is 7.22. The first kappa shape index (κ1) is 20.5. The second-order valence-electron chi connectivity index (χ2n) is 9.18. The fourth-order valence-corrected chi connectivity index (χ4v) is 5.27. The van der Waals surface area contributed by atoms with Gasteiger partial charge >= 0.3 is 0 Å². The monoisotopic (exact) mass is 445 g/mol. The highest BCUT2D eigenvalue weighted by molar-refractivity contribution is 6.13. The zero-order chi connectivity index (χ0) is 23.4. The summed E-state index contributed by atoms with van der Waals surface area (Å²) >= 11 is 0. The third kappa shape index (κ3) is 2.95. The van der Waals surface area contributed by atoms with Crippen molar-refractivity contribution in [2.24, 2.45) is 7.05 Å². The first-order valence-electron chi connectivity index (χ1n) is 11.8. The zero-order valence-corrected chi connectivity index (χ0v) is 20.1. The molecule has 0 amide bonds. The molecule has 5 aromatic rings. The molecule has 3 heterocycles. The van der Waals surface area contributed by atoms with E-state index < -0.39 is 0 Å². The van der Waals surface area contributed by atoms with Crippen LogP contribution in [0.1, 0.15) is 12.5 Å². The predicted molar refractivity (Wildman–Crippen MR) is 141 cm³/mol. The van der Waals surface area contributed by atoms with Crippen molar-refractivity contribution >= 4 is 27.6 Å². The van der Waals surface area contributed by atoms with Gasteiger partial charge in [-0.2, -0.15) is 0 Å². The van der Waals surface area contributed by atoms with Crippen LogP contribution >= 0.6 is 0 Å². The first-order chi connectivity index (χ1) is 16.6. The fraction of sp³-hybridized carbons (Fsp3) is 0.167. The first-order valence-corrected chi connectivity index (χ1v) is 11.8. The van der Waals surface area contributed by atoms with Crippen molar-refractivity contribution < 1.29 is 4.57 Å². The average molecular weight is 446 g/mol. The number of para-hydroxylation sites is 2. The molecule has 3 aromatic carbocycles. The fourth-order valence-electron chi connectivity index (χ4n) is 5.27. The van der Waals surface area contributed by atoms with Crippen LogP contribution < -0.4 is 9.47 Å². The van der Waals surface area contributed by atoms with E-state index in [-0.39, 0.29) is 6.17 Å². The van der Waals surface area contributed by atoms with Crippen molar-refractivity contribution in [2.45, 2.75) is 20.0 Å².